The van der Waals surface area contributed by atoms with Gasteiger partial charge in [0.15, 0.2) is 0 Å². The van der Waals surface area contributed by atoms with E-state index in [9.17, 15) is 0 Å². The van der Waals surface area contributed by atoms with Gasteiger partial charge >= 0.3 is 71.9 Å². The summed E-state index contributed by atoms with van der Waals surface area (Å²) >= 11 is 1.59. The Morgan fingerprint density at radius 2 is 2.33 bits per heavy atom. The maximum atomic E-state index is 2.32. The first-order valence-electron chi connectivity index (χ1n) is 3.36. The van der Waals surface area contributed by atoms with Gasteiger partial charge < -0.3 is 0 Å². The van der Waals surface area contributed by atoms with Gasteiger partial charge in [0.2, 0.25) is 0 Å². The summed E-state index contributed by atoms with van der Waals surface area (Å²) in [6.07, 6.45) is 5.84. The van der Waals surface area contributed by atoms with E-state index in [2.05, 4.69) is 26.0 Å². The summed E-state index contributed by atoms with van der Waals surface area (Å²) in [5, 5.41) is 0. The van der Waals surface area contributed by atoms with Crippen LogP contribution in [0, 0.1) is 5.92 Å². The molecule has 0 spiro atoms. The van der Waals surface area contributed by atoms with Crippen molar-refractivity contribution in [2.75, 3.05) is 0 Å². The van der Waals surface area contributed by atoms with Crippen molar-refractivity contribution in [1.82, 2.24) is 0 Å². The molecule has 47 valence electrons. The SMILES string of the molecule is CCC1C=CC(C)=[C]1[Zr]. The van der Waals surface area contributed by atoms with Crippen LogP contribution in [0.15, 0.2) is 21.0 Å². The fraction of sp³-hybridized carbons (Fsp3) is 0.500. The van der Waals surface area contributed by atoms with E-state index >= 15 is 0 Å². The van der Waals surface area contributed by atoms with Gasteiger partial charge in [-0.3, -0.25) is 0 Å². The molecule has 0 saturated heterocycles. The maximum absolute atomic E-state index is 2.32. The van der Waals surface area contributed by atoms with Gasteiger partial charge in [-0.25, -0.2) is 0 Å². The summed E-state index contributed by atoms with van der Waals surface area (Å²) in [5.41, 5.74) is 1.50. The van der Waals surface area contributed by atoms with Crippen LogP contribution < -0.4 is 0 Å². The molecule has 0 bridgehead atoms. The molecule has 1 rings (SSSR count). The summed E-state index contributed by atoms with van der Waals surface area (Å²) in [7, 11) is 0. The molecule has 1 heteroatoms. The Bertz CT molecular complexity index is 165. The van der Waals surface area contributed by atoms with Crippen LogP contribution in [0.5, 0.6) is 0 Å². The van der Waals surface area contributed by atoms with Gasteiger partial charge in [0.1, 0.15) is 0 Å². The first-order valence-corrected chi connectivity index (χ1v) is 4.59. The van der Waals surface area contributed by atoms with Crippen molar-refractivity contribution in [3.05, 3.63) is 21.0 Å². The van der Waals surface area contributed by atoms with Gasteiger partial charge in [0.25, 0.3) is 0 Å². The fourth-order valence-electron chi connectivity index (χ4n) is 1.08. The number of hydrogen-bond donors (Lipinski definition) is 0. The van der Waals surface area contributed by atoms with E-state index in [1.54, 1.807) is 28.0 Å². The van der Waals surface area contributed by atoms with E-state index in [0.717, 1.165) is 5.92 Å². The van der Waals surface area contributed by atoms with E-state index in [1.807, 2.05) is 0 Å². The molecule has 0 radical (unpaired) electrons. The molecule has 0 aromatic carbocycles. The normalized spacial score (nSPS) is 25.7. The summed E-state index contributed by atoms with van der Waals surface area (Å²) in [4.78, 5) is 0. The standard InChI is InChI=1S/C8H11.Zr/c1-3-8-5-4-7(2)6-8;/h4-5,8H,3H2,1-2H3;. The predicted molar refractivity (Wildman–Crippen MR) is 35.6 cm³/mol. The van der Waals surface area contributed by atoms with E-state index in [0.29, 0.717) is 0 Å². The summed E-state index contributed by atoms with van der Waals surface area (Å²) in [5.74, 6) is 0.781. The van der Waals surface area contributed by atoms with Crippen LogP contribution in [0.4, 0.5) is 0 Å². The van der Waals surface area contributed by atoms with Crippen molar-refractivity contribution in [2.24, 2.45) is 5.92 Å². The van der Waals surface area contributed by atoms with Crippen molar-refractivity contribution in [3.8, 4) is 0 Å². The zero-order chi connectivity index (χ0) is 6.85. The fourth-order valence-corrected chi connectivity index (χ4v) is 2.02. The van der Waals surface area contributed by atoms with Crippen LogP contribution in [0.1, 0.15) is 20.3 Å². The molecule has 1 aliphatic carbocycles. The first-order chi connectivity index (χ1) is 4.25. The number of hydrogen-bond acceptors (Lipinski definition) is 0. The van der Waals surface area contributed by atoms with Crippen LogP contribution in [-0.4, -0.2) is 0 Å². The summed E-state index contributed by atoms with van der Waals surface area (Å²) < 4.78 is 1.64. The molecule has 0 heterocycles. The van der Waals surface area contributed by atoms with Gasteiger partial charge in [0, 0.05) is 0 Å². The molecule has 0 nitrogen and oxygen atoms in total. The van der Waals surface area contributed by atoms with Crippen LogP contribution in [0.25, 0.3) is 0 Å². The second-order valence-corrected chi connectivity index (χ2v) is 3.79. The summed E-state index contributed by atoms with van der Waals surface area (Å²) in [6.45, 7) is 4.45. The topological polar surface area (TPSA) is 0 Å². The molecule has 1 aliphatic rings. The number of allylic oxidation sites excluding steroid dienone is 4. The molecule has 0 N–H and O–H groups in total. The van der Waals surface area contributed by atoms with Crippen molar-refractivity contribution in [2.45, 2.75) is 20.3 Å². The molecule has 1 unspecified atom stereocenters. The van der Waals surface area contributed by atoms with Crippen molar-refractivity contribution < 1.29 is 24.7 Å². The van der Waals surface area contributed by atoms with Gasteiger partial charge in [-0.1, -0.05) is 0 Å². The van der Waals surface area contributed by atoms with Crippen LogP contribution >= 0.6 is 0 Å². The van der Waals surface area contributed by atoms with E-state index in [1.165, 1.54) is 12.0 Å². The second-order valence-electron chi connectivity index (χ2n) is 2.47. The molecular formula is C8H11Zr. The first kappa shape index (κ1) is 7.47. The number of rotatable bonds is 1. The Balaban J connectivity index is 2.74. The average Bonchev–Trinajstić information content (AvgIpc) is 2.15. The molecule has 0 aromatic heterocycles. The predicted octanol–water partition coefficient (Wildman–Crippen LogP) is 2.40. The van der Waals surface area contributed by atoms with Gasteiger partial charge in [0.05, 0.1) is 0 Å². The van der Waals surface area contributed by atoms with Gasteiger partial charge in [-0.15, -0.1) is 0 Å². The van der Waals surface area contributed by atoms with Gasteiger partial charge in [-0.05, 0) is 0 Å². The van der Waals surface area contributed by atoms with Gasteiger partial charge in [-0.2, -0.15) is 0 Å². The van der Waals surface area contributed by atoms with Crippen LogP contribution in [-0.2, 0) is 24.7 Å². The average molecular weight is 198 g/mol. The van der Waals surface area contributed by atoms with E-state index in [4.69, 9.17) is 0 Å². The Labute approximate surface area is 71.9 Å². The molecule has 0 amide bonds. The molecule has 0 fully saturated rings. The summed E-state index contributed by atoms with van der Waals surface area (Å²) in [6, 6.07) is 0. The van der Waals surface area contributed by atoms with E-state index < -0.39 is 0 Å². The molecule has 9 heavy (non-hydrogen) atoms. The molecular weight excluding hydrogens is 187 g/mol. The molecule has 1 atom stereocenters. The Kier molecular flexibility index (Phi) is 2.46. The molecule has 0 aromatic rings. The van der Waals surface area contributed by atoms with E-state index in [-0.39, 0.29) is 0 Å². The second kappa shape index (κ2) is 2.97. The van der Waals surface area contributed by atoms with Crippen LogP contribution in [0.3, 0.4) is 0 Å². The Hall–Kier alpha value is 0.363. The zero-order valence-electron chi connectivity index (χ0n) is 5.94. The quantitative estimate of drug-likeness (QED) is 0.607. The third kappa shape index (κ3) is 1.43. The zero-order valence-corrected chi connectivity index (χ0v) is 8.40. The molecule has 0 aliphatic heterocycles. The van der Waals surface area contributed by atoms with Crippen LogP contribution in [0.2, 0.25) is 0 Å². The molecule has 0 saturated carbocycles. The Morgan fingerprint density at radius 1 is 1.67 bits per heavy atom. The van der Waals surface area contributed by atoms with Crippen molar-refractivity contribution in [1.29, 1.82) is 0 Å². The minimum absolute atomic E-state index is 0.781. The minimum atomic E-state index is 0.781. The third-order valence-electron chi connectivity index (χ3n) is 1.81. The third-order valence-corrected chi connectivity index (χ3v) is 3.69. The van der Waals surface area contributed by atoms with Crippen molar-refractivity contribution in [3.63, 3.8) is 0 Å². The monoisotopic (exact) mass is 197 g/mol. The van der Waals surface area contributed by atoms with Crippen molar-refractivity contribution >= 4 is 0 Å². The Morgan fingerprint density at radius 3 is 2.56 bits per heavy atom.